The molecular formula is C14H26N2O3. The van der Waals surface area contributed by atoms with Crippen LogP contribution >= 0.6 is 0 Å². The molecule has 110 valence electrons. The van der Waals surface area contributed by atoms with Gasteiger partial charge in [0.25, 0.3) is 0 Å². The first kappa shape index (κ1) is 15.8. The Balaban J connectivity index is 2.48. The van der Waals surface area contributed by atoms with Crippen LogP contribution in [0.5, 0.6) is 0 Å². The van der Waals surface area contributed by atoms with Gasteiger partial charge in [-0.15, -0.1) is 0 Å². The van der Waals surface area contributed by atoms with Crippen LogP contribution < -0.4 is 5.32 Å². The van der Waals surface area contributed by atoms with Crippen molar-refractivity contribution < 1.29 is 14.7 Å². The van der Waals surface area contributed by atoms with Crippen LogP contribution in [0.4, 0.5) is 4.79 Å². The van der Waals surface area contributed by atoms with Crippen molar-refractivity contribution in [1.82, 2.24) is 10.2 Å². The lowest BCUT2D eigenvalue weighted by Gasteiger charge is -2.26. The van der Waals surface area contributed by atoms with Gasteiger partial charge in [0.05, 0.1) is 0 Å². The molecule has 1 aliphatic carbocycles. The van der Waals surface area contributed by atoms with Crippen LogP contribution in [0, 0.1) is 11.8 Å². The maximum atomic E-state index is 12.0. The van der Waals surface area contributed by atoms with Crippen LogP contribution in [-0.2, 0) is 4.79 Å². The average molecular weight is 270 g/mol. The molecule has 19 heavy (non-hydrogen) atoms. The molecule has 2 atom stereocenters. The molecule has 0 bridgehead atoms. The minimum Gasteiger partial charge on any atom is -0.480 e. The summed E-state index contributed by atoms with van der Waals surface area (Å²) in [6, 6.07) is -1.08. The van der Waals surface area contributed by atoms with Gasteiger partial charge in [-0.3, -0.25) is 0 Å². The highest BCUT2D eigenvalue weighted by molar-refractivity contribution is 5.82. The number of amides is 2. The van der Waals surface area contributed by atoms with E-state index in [1.54, 1.807) is 11.9 Å². The van der Waals surface area contributed by atoms with Crippen LogP contribution in [0.2, 0.25) is 0 Å². The third kappa shape index (κ3) is 4.73. The molecule has 1 rings (SSSR count). The largest absolute Gasteiger partial charge is 0.480 e. The summed E-state index contributed by atoms with van der Waals surface area (Å²) in [6.45, 7) is 4.49. The van der Waals surface area contributed by atoms with Crippen molar-refractivity contribution in [1.29, 1.82) is 0 Å². The number of carboxylic acid groups (broad SMARTS) is 1. The lowest BCUT2D eigenvalue weighted by atomic mass is 9.99. The third-order valence-electron chi connectivity index (χ3n) is 4.11. The summed E-state index contributed by atoms with van der Waals surface area (Å²) >= 11 is 0. The number of nitrogens with zero attached hydrogens (tertiary/aromatic N) is 1. The van der Waals surface area contributed by atoms with E-state index in [0.29, 0.717) is 5.92 Å². The molecule has 0 aromatic heterocycles. The number of hydrogen-bond donors (Lipinski definition) is 2. The molecule has 0 saturated heterocycles. The van der Waals surface area contributed by atoms with Crippen LogP contribution in [0.3, 0.4) is 0 Å². The molecule has 1 aliphatic rings. The lowest BCUT2D eigenvalue weighted by molar-refractivity contribution is -0.140. The first-order chi connectivity index (χ1) is 8.95. The summed E-state index contributed by atoms with van der Waals surface area (Å²) in [7, 11) is 1.74. The predicted molar refractivity (Wildman–Crippen MR) is 74.0 cm³/mol. The van der Waals surface area contributed by atoms with Crippen molar-refractivity contribution in [2.24, 2.45) is 11.8 Å². The van der Waals surface area contributed by atoms with Crippen LogP contribution in [0.1, 0.15) is 46.0 Å². The van der Waals surface area contributed by atoms with E-state index >= 15 is 0 Å². The van der Waals surface area contributed by atoms with Crippen molar-refractivity contribution in [3.05, 3.63) is 0 Å². The molecule has 0 aromatic rings. The Morgan fingerprint density at radius 2 is 1.95 bits per heavy atom. The lowest BCUT2D eigenvalue weighted by Crippen LogP contribution is -2.50. The second-order valence-electron chi connectivity index (χ2n) is 5.68. The number of hydrogen-bond acceptors (Lipinski definition) is 2. The maximum absolute atomic E-state index is 12.0. The van der Waals surface area contributed by atoms with Gasteiger partial charge in [0.2, 0.25) is 0 Å². The molecule has 1 fully saturated rings. The topological polar surface area (TPSA) is 69.6 Å². The summed E-state index contributed by atoms with van der Waals surface area (Å²) in [5, 5.41) is 11.8. The van der Waals surface area contributed by atoms with Gasteiger partial charge in [0.1, 0.15) is 6.04 Å². The highest BCUT2D eigenvalue weighted by Gasteiger charge is 2.27. The van der Waals surface area contributed by atoms with E-state index in [-0.39, 0.29) is 11.9 Å². The first-order valence-electron chi connectivity index (χ1n) is 7.20. The summed E-state index contributed by atoms with van der Waals surface area (Å²) in [6.07, 6.45) is 5.55. The molecule has 0 spiro atoms. The molecule has 5 nitrogen and oxygen atoms in total. The smallest absolute Gasteiger partial charge is 0.326 e. The minimum absolute atomic E-state index is 0.0682. The Bertz CT molecular complexity index is 314. The molecule has 1 saturated carbocycles. The van der Waals surface area contributed by atoms with E-state index in [1.165, 1.54) is 25.7 Å². The number of urea groups is 1. The number of carbonyl (C=O) groups is 2. The fourth-order valence-corrected chi connectivity index (χ4v) is 2.59. The SMILES string of the molecule is CCC(C)[C@H](NC(=O)N(C)CC1CCCC1)C(=O)O. The van der Waals surface area contributed by atoms with Gasteiger partial charge >= 0.3 is 12.0 Å². The van der Waals surface area contributed by atoms with Crippen molar-refractivity contribution in [3.63, 3.8) is 0 Å². The highest BCUT2D eigenvalue weighted by atomic mass is 16.4. The van der Waals surface area contributed by atoms with Gasteiger partial charge in [-0.25, -0.2) is 9.59 Å². The molecule has 5 heteroatoms. The normalized spacial score (nSPS) is 18.9. The number of aliphatic carboxylic acids is 1. The molecule has 1 unspecified atom stereocenters. The van der Waals surface area contributed by atoms with Crippen LogP contribution in [0.25, 0.3) is 0 Å². The molecule has 0 aliphatic heterocycles. The van der Waals surface area contributed by atoms with E-state index < -0.39 is 12.0 Å². The van der Waals surface area contributed by atoms with E-state index in [4.69, 9.17) is 5.11 Å². The van der Waals surface area contributed by atoms with Crippen molar-refractivity contribution in [3.8, 4) is 0 Å². The number of nitrogens with one attached hydrogen (secondary N) is 1. The van der Waals surface area contributed by atoms with E-state index in [1.807, 2.05) is 13.8 Å². The first-order valence-corrected chi connectivity index (χ1v) is 7.20. The molecule has 0 aromatic carbocycles. The Kier molecular flexibility index (Phi) is 6.12. The maximum Gasteiger partial charge on any atom is 0.326 e. The Morgan fingerprint density at radius 3 is 2.42 bits per heavy atom. The monoisotopic (exact) mass is 270 g/mol. The van der Waals surface area contributed by atoms with Gasteiger partial charge in [-0.05, 0) is 24.7 Å². The molecular weight excluding hydrogens is 244 g/mol. The number of carbonyl (C=O) groups excluding carboxylic acids is 1. The van der Waals surface area contributed by atoms with Gasteiger partial charge in [0.15, 0.2) is 0 Å². The summed E-state index contributed by atoms with van der Waals surface area (Å²) < 4.78 is 0. The fraction of sp³-hybridized carbons (Fsp3) is 0.857. The van der Waals surface area contributed by atoms with Gasteiger partial charge in [-0.2, -0.15) is 0 Å². The van der Waals surface area contributed by atoms with Crippen molar-refractivity contribution in [2.75, 3.05) is 13.6 Å². The van der Waals surface area contributed by atoms with Crippen LogP contribution in [-0.4, -0.2) is 41.6 Å². The van der Waals surface area contributed by atoms with E-state index in [0.717, 1.165) is 13.0 Å². The minimum atomic E-state index is -0.961. The molecule has 0 radical (unpaired) electrons. The van der Waals surface area contributed by atoms with E-state index in [2.05, 4.69) is 5.32 Å². The summed E-state index contributed by atoms with van der Waals surface area (Å²) in [4.78, 5) is 24.8. The number of rotatable bonds is 6. The summed E-state index contributed by atoms with van der Waals surface area (Å²) in [5.74, 6) is -0.457. The predicted octanol–water partition coefficient (Wildman–Crippen LogP) is 2.32. The molecule has 2 amide bonds. The number of carboxylic acids is 1. The van der Waals surface area contributed by atoms with Crippen molar-refractivity contribution in [2.45, 2.75) is 52.0 Å². The zero-order valence-electron chi connectivity index (χ0n) is 12.2. The highest BCUT2D eigenvalue weighted by Crippen LogP contribution is 2.25. The quantitative estimate of drug-likeness (QED) is 0.778. The molecule has 0 heterocycles. The van der Waals surface area contributed by atoms with Gasteiger partial charge < -0.3 is 15.3 Å². The second kappa shape index (κ2) is 7.36. The fourth-order valence-electron chi connectivity index (χ4n) is 2.59. The third-order valence-corrected chi connectivity index (χ3v) is 4.11. The standard InChI is InChI=1S/C14H26N2O3/c1-4-10(2)12(13(17)18)15-14(19)16(3)9-11-7-5-6-8-11/h10-12H,4-9H2,1-3H3,(H,15,19)(H,17,18)/t10?,12-/m0/s1. The molecule has 2 N–H and O–H groups in total. The van der Waals surface area contributed by atoms with E-state index in [9.17, 15) is 9.59 Å². The van der Waals surface area contributed by atoms with Crippen LogP contribution in [0.15, 0.2) is 0 Å². The van der Waals surface area contributed by atoms with Gasteiger partial charge in [0, 0.05) is 13.6 Å². The Labute approximate surface area is 115 Å². The van der Waals surface area contributed by atoms with Gasteiger partial charge in [-0.1, -0.05) is 33.1 Å². The van der Waals surface area contributed by atoms with Crippen molar-refractivity contribution >= 4 is 12.0 Å². The second-order valence-corrected chi connectivity index (χ2v) is 5.68. The zero-order chi connectivity index (χ0) is 14.4. The zero-order valence-corrected chi connectivity index (χ0v) is 12.2. The Morgan fingerprint density at radius 1 is 1.37 bits per heavy atom. The summed E-state index contributed by atoms with van der Waals surface area (Å²) in [5.41, 5.74) is 0. The Hall–Kier alpha value is -1.26. The average Bonchev–Trinajstić information content (AvgIpc) is 2.86.